The first kappa shape index (κ1) is 9.47. The predicted octanol–water partition coefficient (Wildman–Crippen LogP) is -0.991. The highest BCUT2D eigenvalue weighted by atomic mass is 32.2. The molecule has 2 N–H and O–H groups in total. The highest BCUT2D eigenvalue weighted by Gasteiger charge is 2.57. The Bertz CT molecular complexity index is 298. The van der Waals surface area contributed by atoms with E-state index < -0.39 is 26.7 Å². The predicted molar refractivity (Wildman–Crippen MR) is 40.5 cm³/mol. The number of hydrogen-bond acceptors (Lipinski definition) is 4. The maximum absolute atomic E-state index is 11.0. The number of sulfone groups is 1. The van der Waals surface area contributed by atoms with E-state index in [-0.39, 0.29) is 12.8 Å². The third-order valence-corrected chi connectivity index (χ3v) is 4.16. The second-order valence-electron chi connectivity index (χ2n) is 3.13. The molecule has 1 saturated carbocycles. The van der Waals surface area contributed by atoms with Crippen LogP contribution < -0.4 is 0 Å². The number of carboxylic acid groups (broad SMARTS) is 1. The Morgan fingerprint density at radius 2 is 1.92 bits per heavy atom. The summed E-state index contributed by atoms with van der Waals surface area (Å²) in [7, 11) is -3.62. The van der Waals surface area contributed by atoms with Crippen LogP contribution in [0.5, 0.6) is 0 Å². The van der Waals surface area contributed by atoms with Crippen LogP contribution >= 0.6 is 0 Å². The Labute approximate surface area is 69.9 Å². The van der Waals surface area contributed by atoms with E-state index in [0.717, 1.165) is 6.26 Å². The molecule has 0 saturated heterocycles. The second-order valence-corrected chi connectivity index (χ2v) is 5.46. The molecule has 70 valence electrons. The van der Waals surface area contributed by atoms with Crippen molar-refractivity contribution in [1.82, 2.24) is 0 Å². The van der Waals surface area contributed by atoms with Crippen LogP contribution in [0.15, 0.2) is 0 Å². The topological polar surface area (TPSA) is 91.7 Å². The van der Waals surface area contributed by atoms with Gasteiger partial charge in [-0.15, -0.1) is 0 Å². The lowest BCUT2D eigenvalue weighted by Gasteiger charge is -2.39. The number of aliphatic carboxylic acids is 1. The molecule has 0 aromatic heterocycles. The summed E-state index contributed by atoms with van der Waals surface area (Å²) < 4.78 is 20.3. The normalized spacial score (nSPS) is 35.7. The van der Waals surface area contributed by atoms with Crippen molar-refractivity contribution in [3.05, 3.63) is 0 Å². The molecule has 0 amide bonds. The summed E-state index contributed by atoms with van der Waals surface area (Å²) >= 11 is 0. The van der Waals surface area contributed by atoms with Crippen LogP contribution in [-0.4, -0.2) is 41.7 Å². The first-order chi connectivity index (χ1) is 5.29. The average molecular weight is 194 g/mol. The summed E-state index contributed by atoms with van der Waals surface area (Å²) in [6.45, 7) is 0. The molecule has 1 aliphatic rings. The van der Waals surface area contributed by atoms with Crippen LogP contribution in [0.2, 0.25) is 0 Å². The third-order valence-electron chi connectivity index (χ3n) is 2.23. The lowest BCUT2D eigenvalue weighted by Crippen LogP contribution is -2.58. The molecule has 6 heteroatoms. The molecule has 0 aromatic carbocycles. The summed E-state index contributed by atoms with van der Waals surface area (Å²) in [5.41, 5.74) is 0. The Morgan fingerprint density at radius 1 is 1.50 bits per heavy atom. The van der Waals surface area contributed by atoms with Crippen LogP contribution in [0.3, 0.4) is 0 Å². The molecule has 0 unspecified atom stereocenters. The van der Waals surface area contributed by atoms with E-state index in [1.54, 1.807) is 0 Å². The Hall–Kier alpha value is -0.620. The number of rotatable bonds is 2. The van der Waals surface area contributed by atoms with Crippen molar-refractivity contribution in [1.29, 1.82) is 0 Å². The van der Waals surface area contributed by atoms with Crippen molar-refractivity contribution in [2.24, 2.45) is 0 Å². The first-order valence-corrected chi connectivity index (χ1v) is 5.30. The average Bonchev–Trinajstić information content (AvgIpc) is 1.76. The standard InChI is InChI=1S/C6H10O5S/c1-12(10,11)6(5(8)9)2-4(7)3-6/h4,7H,2-3H2,1H3,(H,8,9). The van der Waals surface area contributed by atoms with Crippen LogP contribution in [0.1, 0.15) is 12.8 Å². The fraction of sp³-hybridized carbons (Fsp3) is 0.833. The molecule has 0 spiro atoms. The minimum absolute atomic E-state index is 0.193. The van der Waals surface area contributed by atoms with E-state index in [1.807, 2.05) is 0 Å². The minimum atomic E-state index is -3.62. The van der Waals surface area contributed by atoms with Gasteiger partial charge in [-0.2, -0.15) is 0 Å². The fourth-order valence-corrected chi connectivity index (χ4v) is 2.64. The zero-order valence-electron chi connectivity index (χ0n) is 6.52. The highest BCUT2D eigenvalue weighted by molar-refractivity contribution is 7.93. The third kappa shape index (κ3) is 1.11. The molecule has 0 aromatic rings. The second kappa shape index (κ2) is 2.43. The highest BCUT2D eigenvalue weighted by Crippen LogP contribution is 2.39. The van der Waals surface area contributed by atoms with Gasteiger partial charge in [-0.3, -0.25) is 4.79 Å². The number of hydrogen-bond donors (Lipinski definition) is 2. The molecular weight excluding hydrogens is 184 g/mol. The number of carbonyl (C=O) groups is 1. The van der Waals surface area contributed by atoms with Crippen molar-refractivity contribution < 1.29 is 23.4 Å². The molecule has 0 heterocycles. The quantitative estimate of drug-likeness (QED) is 0.588. The van der Waals surface area contributed by atoms with Gasteiger partial charge < -0.3 is 10.2 Å². The summed E-state index contributed by atoms with van der Waals surface area (Å²) in [5, 5.41) is 17.5. The molecule has 0 radical (unpaired) electrons. The maximum Gasteiger partial charge on any atom is 0.325 e. The van der Waals surface area contributed by atoms with Gasteiger partial charge in [0.15, 0.2) is 14.6 Å². The number of carboxylic acids is 1. The first-order valence-electron chi connectivity index (χ1n) is 3.41. The van der Waals surface area contributed by atoms with Crippen molar-refractivity contribution in [2.75, 3.05) is 6.26 Å². The minimum Gasteiger partial charge on any atom is -0.480 e. The number of aliphatic hydroxyl groups excluding tert-OH is 1. The van der Waals surface area contributed by atoms with Crippen molar-refractivity contribution in [2.45, 2.75) is 23.7 Å². The summed E-state index contributed by atoms with van der Waals surface area (Å²) in [6, 6.07) is 0. The zero-order chi connectivity index (χ0) is 9.57. The van der Waals surface area contributed by atoms with E-state index in [4.69, 9.17) is 10.2 Å². The van der Waals surface area contributed by atoms with Crippen molar-refractivity contribution >= 4 is 15.8 Å². The van der Waals surface area contributed by atoms with Gasteiger partial charge in [0.25, 0.3) is 0 Å². The summed E-state index contributed by atoms with van der Waals surface area (Å²) in [4.78, 5) is 10.6. The molecule has 0 bridgehead atoms. The van der Waals surface area contributed by atoms with Crippen molar-refractivity contribution in [3.63, 3.8) is 0 Å². The molecule has 5 nitrogen and oxygen atoms in total. The van der Waals surface area contributed by atoms with Crippen LogP contribution in [-0.2, 0) is 14.6 Å². The summed E-state index contributed by atoms with van der Waals surface area (Å²) in [5.74, 6) is -1.37. The molecule has 0 aliphatic heterocycles. The van der Waals surface area contributed by atoms with Gasteiger partial charge in [-0.1, -0.05) is 0 Å². The SMILES string of the molecule is CS(=O)(=O)C1(C(=O)O)CC(O)C1. The lowest BCUT2D eigenvalue weighted by molar-refractivity contribution is -0.146. The van der Waals surface area contributed by atoms with Crippen molar-refractivity contribution in [3.8, 4) is 0 Å². The van der Waals surface area contributed by atoms with Gasteiger partial charge in [0.1, 0.15) is 0 Å². The van der Waals surface area contributed by atoms with E-state index in [2.05, 4.69) is 0 Å². The molecule has 0 atom stereocenters. The van der Waals surface area contributed by atoms with E-state index >= 15 is 0 Å². The Balaban J connectivity index is 3.01. The largest absolute Gasteiger partial charge is 0.480 e. The van der Waals surface area contributed by atoms with Gasteiger partial charge in [0.2, 0.25) is 0 Å². The monoisotopic (exact) mass is 194 g/mol. The van der Waals surface area contributed by atoms with Crippen LogP contribution in [0.25, 0.3) is 0 Å². The molecular formula is C6H10O5S. The lowest BCUT2D eigenvalue weighted by atomic mass is 9.81. The van der Waals surface area contributed by atoms with E-state index in [0.29, 0.717) is 0 Å². The van der Waals surface area contributed by atoms with Crippen LogP contribution in [0, 0.1) is 0 Å². The molecule has 12 heavy (non-hydrogen) atoms. The van der Waals surface area contributed by atoms with Gasteiger partial charge in [0, 0.05) is 19.1 Å². The van der Waals surface area contributed by atoms with Gasteiger partial charge >= 0.3 is 5.97 Å². The smallest absolute Gasteiger partial charge is 0.325 e. The number of aliphatic hydroxyl groups is 1. The maximum atomic E-state index is 11.0. The molecule has 1 rings (SSSR count). The van der Waals surface area contributed by atoms with Crippen LogP contribution in [0.4, 0.5) is 0 Å². The van der Waals surface area contributed by atoms with Gasteiger partial charge in [-0.05, 0) is 0 Å². The zero-order valence-corrected chi connectivity index (χ0v) is 7.34. The molecule has 1 aliphatic carbocycles. The Kier molecular flexibility index (Phi) is 1.92. The fourth-order valence-electron chi connectivity index (χ4n) is 1.34. The molecule has 1 fully saturated rings. The van der Waals surface area contributed by atoms with E-state index in [9.17, 15) is 13.2 Å². The van der Waals surface area contributed by atoms with E-state index in [1.165, 1.54) is 0 Å². The Morgan fingerprint density at radius 3 is 2.00 bits per heavy atom. The van der Waals surface area contributed by atoms with Gasteiger partial charge in [-0.25, -0.2) is 8.42 Å². The summed E-state index contributed by atoms with van der Waals surface area (Å²) in [6.07, 6.45) is -0.300. The van der Waals surface area contributed by atoms with Gasteiger partial charge in [0.05, 0.1) is 6.10 Å².